The Labute approximate surface area is 193 Å². The number of aliphatic hydroxyl groups is 2. The van der Waals surface area contributed by atoms with Crippen LogP contribution in [0.3, 0.4) is 0 Å². The molecule has 1 heterocycles. The molecule has 0 aromatic heterocycles. The Morgan fingerprint density at radius 1 is 1.18 bits per heavy atom. The van der Waals surface area contributed by atoms with Gasteiger partial charge in [-0.05, 0) is 56.5 Å². The number of nitrogens with zero attached hydrogens (tertiary/aromatic N) is 1. The molecule has 1 aromatic rings. The number of ether oxygens (including phenoxy) is 1. The van der Waals surface area contributed by atoms with Crippen LogP contribution in [0.1, 0.15) is 32.3 Å². The molecular weight excluding hydrogens is 452 g/mol. The zero-order valence-corrected chi connectivity index (χ0v) is 19.3. The van der Waals surface area contributed by atoms with E-state index in [-0.39, 0.29) is 43.0 Å². The van der Waals surface area contributed by atoms with E-state index < -0.39 is 46.2 Å². The van der Waals surface area contributed by atoms with Crippen LogP contribution < -0.4 is 10.2 Å². The average Bonchev–Trinajstić information content (AvgIpc) is 2.84. The minimum Gasteiger partial charge on any atom is -0.481 e. The summed E-state index contributed by atoms with van der Waals surface area (Å²) in [4.78, 5) is 26.7. The molecule has 2 amide bonds. The van der Waals surface area contributed by atoms with Gasteiger partial charge >= 0.3 is 0 Å². The van der Waals surface area contributed by atoms with E-state index in [1.54, 1.807) is 24.5 Å². The SMILES string of the molecule is CC#CCOc1ccc(C(=S(=O)=O)C2(C(=O)NO)CCN(C(=O)C(C)(CO)CO)CC2)cc1. The first-order valence-electron chi connectivity index (χ1n) is 10.2. The number of likely N-dealkylation sites (tertiary alicyclic amines) is 1. The van der Waals surface area contributed by atoms with Gasteiger partial charge in [-0.1, -0.05) is 5.92 Å². The maximum absolute atomic E-state index is 12.8. The van der Waals surface area contributed by atoms with E-state index in [0.717, 1.165) is 0 Å². The molecule has 2 rings (SSSR count). The molecule has 180 valence electrons. The van der Waals surface area contributed by atoms with Gasteiger partial charge < -0.3 is 19.8 Å². The van der Waals surface area contributed by atoms with E-state index in [4.69, 9.17) is 4.74 Å². The first-order valence-corrected chi connectivity index (χ1v) is 11.3. The standard InChI is InChI=1S/C22H28N2O8S/c1-3-4-13-32-17-7-5-16(6-8-17)18(33(30)31)22(19(27)23-29)9-11-24(12-10-22)20(28)21(2,14-25)15-26/h5-8,25-26,29H,9-15H2,1-2H3,(H,23,27). The number of hydroxylamine groups is 1. The van der Waals surface area contributed by atoms with Crippen molar-refractivity contribution in [3.05, 3.63) is 29.8 Å². The van der Waals surface area contributed by atoms with Gasteiger partial charge in [0.1, 0.15) is 12.4 Å². The molecule has 0 unspecified atom stereocenters. The van der Waals surface area contributed by atoms with Crippen molar-refractivity contribution in [1.82, 2.24) is 10.4 Å². The van der Waals surface area contributed by atoms with E-state index in [2.05, 4.69) is 11.8 Å². The highest BCUT2D eigenvalue weighted by Gasteiger charge is 2.49. The van der Waals surface area contributed by atoms with Gasteiger partial charge in [-0.2, -0.15) is 8.42 Å². The van der Waals surface area contributed by atoms with Crippen LogP contribution in [0.4, 0.5) is 0 Å². The van der Waals surface area contributed by atoms with Crippen LogP contribution in [0, 0.1) is 22.7 Å². The number of piperidine rings is 1. The quantitative estimate of drug-likeness (QED) is 0.129. The molecule has 0 bridgehead atoms. The molecule has 0 aliphatic carbocycles. The van der Waals surface area contributed by atoms with Gasteiger partial charge in [0.25, 0.3) is 5.91 Å². The van der Waals surface area contributed by atoms with Gasteiger partial charge in [0.15, 0.2) is 0 Å². The molecule has 10 nitrogen and oxygen atoms in total. The molecule has 0 atom stereocenters. The highest BCUT2D eigenvalue weighted by molar-refractivity contribution is 7.73. The molecule has 1 fully saturated rings. The van der Waals surface area contributed by atoms with Crippen LogP contribution in [-0.2, 0) is 19.9 Å². The topological polar surface area (TPSA) is 153 Å². The summed E-state index contributed by atoms with van der Waals surface area (Å²) in [5, 5.41) is 28.4. The van der Waals surface area contributed by atoms with E-state index in [1.807, 2.05) is 0 Å². The second-order valence-electron chi connectivity index (χ2n) is 8.00. The number of amides is 2. The number of aliphatic hydroxyl groups excluding tert-OH is 2. The van der Waals surface area contributed by atoms with Crippen LogP contribution >= 0.6 is 0 Å². The first-order chi connectivity index (χ1) is 15.7. The Morgan fingerprint density at radius 3 is 2.21 bits per heavy atom. The van der Waals surface area contributed by atoms with Crippen LogP contribution in [0.2, 0.25) is 0 Å². The minimum atomic E-state index is -2.82. The van der Waals surface area contributed by atoms with E-state index in [0.29, 0.717) is 5.75 Å². The third-order valence-corrected chi connectivity index (χ3v) is 6.82. The van der Waals surface area contributed by atoms with E-state index >= 15 is 0 Å². The third-order valence-electron chi connectivity index (χ3n) is 5.86. The van der Waals surface area contributed by atoms with Crippen molar-refractivity contribution in [2.45, 2.75) is 26.7 Å². The molecule has 0 spiro atoms. The number of benzene rings is 1. The van der Waals surface area contributed by atoms with Crippen LogP contribution in [-0.4, -0.2) is 78.3 Å². The zero-order chi connectivity index (χ0) is 24.6. The summed E-state index contributed by atoms with van der Waals surface area (Å²) in [7, 11) is -2.82. The lowest BCUT2D eigenvalue weighted by Crippen LogP contribution is -2.56. The maximum Gasteiger partial charge on any atom is 0.255 e. The Hall–Kier alpha value is -2.91. The molecule has 4 N–H and O–H groups in total. The molecule has 1 aliphatic rings. The number of hydrogen-bond donors (Lipinski definition) is 4. The highest BCUT2D eigenvalue weighted by Crippen LogP contribution is 2.37. The number of nitrogens with one attached hydrogen (secondary N) is 1. The van der Waals surface area contributed by atoms with Gasteiger partial charge in [0.05, 0.1) is 28.9 Å². The summed E-state index contributed by atoms with van der Waals surface area (Å²) in [5.74, 6) is 4.49. The van der Waals surface area contributed by atoms with Gasteiger partial charge in [-0.25, -0.2) is 5.48 Å². The van der Waals surface area contributed by atoms with E-state index in [9.17, 15) is 33.4 Å². The first kappa shape index (κ1) is 26.3. The van der Waals surface area contributed by atoms with Crippen molar-refractivity contribution in [2.75, 3.05) is 32.9 Å². The predicted octanol–water partition coefficient (Wildman–Crippen LogP) is -0.407. The number of carbonyl (C=O) groups is 2. The smallest absolute Gasteiger partial charge is 0.255 e. The number of hydrogen-bond acceptors (Lipinski definition) is 8. The largest absolute Gasteiger partial charge is 0.481 e. The van der Waals surface area contributed by atoms with Crippen LogP contribution in [0.25, 0.3) is 0 Å². The monoisotopic (exact) mass is 480 g/mol. The highest BCUT2D eigenvalue weighted by atomic mass is 32.2. The summed E-state index contributed by atoms with van der Waals surface area (Å²) in [5.41, 5.74) is -1.21. The van der Waals surface area contributed by atoms with Gasteiger partial charge in [0.2, 0.25) is 16.2 Å². The van der Waals surface area contributed by atoms with Crippen molar-refractivity contribution < 1.29 is 38.2 Å². The zero-order valence-electron chi connectivity index (χ0n) is 18.5. The van der Waals surface area contributed by atoms with Gasteiger partial charge in [-0.15, -0.1) is 5.92 Å². The molecule has 1 aliphatic heterocycles. The minimum absolute atomic E-state index is 0.0145. The fourth-order valence-corrected chi connectivity index (χ4v) is 4.69. The summed E-state index contributed by atoms with van der Waals surface area (Å²) < 4.78 is 30.0. The van der Waals surface area contributed by atoms with Crippen LogP contribution in [0.15, 0.2) is 24.3 Å². The average molecular weight is 481 g/mol. The molecule has 0 radical (unpaired) electrons. The Balaban J connectivity index is 2.38. The Kier molecular flexibility index (Phi) is 9.01. The van der Waals surface area contributed by atoms with Gasteiger partial charge in [0, 0.05) is 13.1 Å². The number of rotatable bonds is 8. The van der Waals surface area contributed by atoms with Crippen molar-refractivity contribution >= 4 is 27.0 Å². The second kappa shape index (κ2) is 11.3. The van der Waals surface area contributed by atoms with Crippen molar-refractivity contribution in [2.24, 2.45) is 10.8 Å². The predicted molar refractivity (Wildman–Crippen MR) is 119 cm³/mol. The number of carbonyl (C=O) groups excluding carboxylic acids is 2. The lowest BCUT2D eigenvalue weighted by molar-refractivity contribution is -0.151. The Bertz CT molecular complexity index is 1050. The lowest BCUT2D eigenvalue weighted by atomic mass is 9.72. The Morgan fingerprint density at radius 2 is 1.76 bits per heavy atom. The maximum atomic E-state index is 12.8. The lowest BCUT2D eigenvalue weighted by Gasteiger charge is -2.42. The summed E-state index contributed by atoms with van der Waals surface area (Å²) >= 11 is 0. The third kappa shape index (κ3) is 5.54. The van der Waals surface area contributed by atoms with E-state index in [1.165, 1.54) is 24.0 Å². The fourth-order valence-electron chi connectivity index (χ4n) is 3.75. The van der Waals surface area contributed by atoms with Crippen LogP contribution in [0.5, 0.6) is 5.75 Å². The summed E-state index contributed by atoms with van der Waals surface area (Å²) in [6, 6.07) is 6.10. The fraction of sp³-hybridized carbons (Fsp3) is 0.500. The molecule has 0 saturated carbocycles. The second-order valence-corrected chi connectivity index (χ2v) is 8.87. The molecular formula is C22H28N2O8S. The van der Waals surface area contributed by atoms with Gasteiger partial charge in [-0.3, -0.25) is 14.8 Å². The molecule has 33 heavy (non-hydrogen) atoms. The van der Waals surface area contributed by atoms with Crippen molar-refractivity contribution in [1.29, 1.82) is 0 Å². The summed E-state index contributed by atoms with van der Waals surface area (Å²) in [6.07, 6.45) is -0.183. The molecule has 1 saturated heterocycles. The normalized spacial score (nSPS) is 15.1. The van der Waals surface area contributed by atoms with Crippen molar-refractivity contribution in [3.63, 3.8) is 0 Å². The molecule has 1 aromatic carbocycles. The van der Waals surface area contributed by atoms with Crippen molar-refractivity contribution in [3.8, 4) is 17.6 Å². The summed E-state index contributed by atoms with van der Waals surface area (Å²) in [6.45, 7) is 2.09. The molecule has 11 heteroatoms.